The van der Waals surface area contributed by atoms with E-state index in [2.05, 4.69) is 10.1 Å². The van der Waals surface area contributed by atoms with Gasteiger partial charge in [0, 0.05) is 19.2 Å². The van der Waals surface area contributed by atoms with E-state index in [1.54, 1.807) is 0 Å². The van der Waals surface area contributed by atoms with Crippen LogP contribution in [0.3, 0.4) is 0 Å². The van der Waals surface area contributed by atoms with Crippen LogP contribution in [-0.2, 0) is 9.47 Å². The molecule has 1 N–H and O–H groups in total. The predicted octanol–water partition coefficient (Wildman–Crippen LogP) is 3.04. The molecule has 1 aliphatic heterocycles. The summed E-state index contributed by atoms with van der Waals surface area (Å²) in [4.78, 5) is 0. The number of halogens is 3. The Morgan fingerprint density at radius 1 is 1.20 bits per heavy atom. The maximum absolute atomic E-state index is 11.9. The first-order valence-corrected chi connectivity index (χ1v) is 7.51. The molecule has 6 heteroatoms. The molecule has 3 nitrogen and oxygen atoms in total. The zero-order chi connectivity index (χ0) is 14.5. The normalized spacial score (nSPS) is 26.9. The zero-order valence-corrected chi connectivity index (χ0v) is 11.8. The Bertz CT molecular complexity index is 285. The Kier molecular flexibility index (Phi) is 5.69. The Morgan fingerprint density at radius 2 is 1.95 bits per heavy atom. The highest BCUT2D eigenvalue weighted by molar-refractivity contribution is 4.91. The molecule has 2 rings (SSSR count). The van der Waals surface area contributed by atoms with E-state index in [1.165, 1.54) is 19.3 Å². The summed E-state index contributed by atoms with van der Waals surface area (Å²) in [6.45, 7) is 0.161. The first-order valence-electron chi connectivity index (χ1n) is 7.51. The number of hydrogen-bond acceptors (Lipinski definition) is 3. The lowest BCUT2D eigenvalue weighted by atomic mass is 9.78. The van der Waals surface area contributed by atoms with E-state index in [4.69, 9.17) is 4.74 Å². The van der Waals surface area contributed by atoms with Gasteiger partial charge >= 0.3 is 6.18 Å². The summed E-state index contributed by atoms with van der Waals surface area (Å²) in [5.74, 6) is 0. The van der Waals surface area contributed by atoms with Crippen LogP contribution in [0.15, 0.2) is 0 Å². The third-order valence-electron chi connectivity index (χ3n) is 4.20. The molecule has 1 aliphatic carbocycles. The fourth-order valence-electron chi connectivity index (χ4n) is 3.27. The fraction of sp³-hybridized carbons (Fsp3) is 1.00. The van der Waals surface area contributed by atoms with Gasteiger partial charge in [-0.3, -0.25) is 0 Å². The molecule has 1 saturated carbocycles. The van der Waals surface area contributed by atoms with Crippen LogP contribution >= 0.6 is 0 Å². The number of hydrogen-bond donors (Lipinski definition) is 1. The lowest BCUT2D eigenvalue weighted by molar-refractivity contribution is -0.173. The molecule has 20 heavy (non-hydrogen) atoms. The van der Waals surface area contributed by atoms with Crippen molar-refractivity contribution in [2.45, 2.75) is 62.8 Å². The molecule has 0 amide bonds. The molecular formula is C14H24F3NO2. The van der Waals surface area contributed by atoms with Crippen LogP contribution in [0.5, 0.6) is 0 Å². The average molecular weight is 295 g/mol. The molecule has 1 unspecified atom stereocenters. The van der Waals surface area contributed by atoms with Gasteiger partial charge in [0.2, 0.25) is 0 Å². The Morgan fingerprint density at radius 3 is 2.65 bits per heavy atom. The zero-order valence-electron chi connectivity index (χ0n) is 11.8. The summed E-state index contributed by atoms with van der Waals surface area (Å²) in [5.41, 5.74) is 0.0288. The van der Waals surface area contributed by atoms with Gasteiger partial charge in [0.25, 0.3) is 0 Å². The number of rotatable bonds is 5. The molecule has 0 aromatic heterocycles. The summed E-state index contributed by atoms with van der Waals surface area (Å²) >= 11 is 0. The molecule has 0 bridgehead atoms. The van der Waals surface area contributed by atoms with E-state index < -0.39 is 12.8 Å². The largest absolute Gasteiger partial charge is 0.411 e. The topological polar surface area (TPSA) is 30.5 Å². The van der Waals surface area contributed by atoms with Gasteiger partial charge in [0.05, 0.1) is 12.2 Å². The summed E-state index contributed by atoms with van der Waals surface area (Å²) in [6.07, 6.45) is 3.65. The van der Waals surface area contributed by atoms with Crippen molar-refractivity contribution < 1.29 is 22.6 Å². The smallest absolute Gasteiger partial charge is 0.375 e. The number of alkyl halides is 3. The van der Waals surface area contributed by atoms with Crippen molar-refractivity contribution in [3.63, 3.8) is 0 Å². The van der Waals surface area contributed by atoms with E-state index in [0.717, 1.165) is 32.3 Å². The molecule has 1 atom stereocenters. The molecule has 2 fully saturated rings. The Hall–Kier alpha value is -0.330. The van der Waals surface area contributed by atoms with E-state index in [0.29, 0.717) is 12.6 Å². The van der Waals surface area contributed by atoms with Gasteiger partial charge in [-0.15, -0.1) is 0 Å². The standard InChI is InChI=1S/C14H24F3NO2/c15-14(16,17)11-19-9-7-18-12-4-8-20-13(10-12)5-2-1-3-6-13/h12,18H,1-11H2. The number of ether oxygens (including phenoxy) is 2. The minimum Gasteiger partial charge on any atom is -0.375 e. The summed E-state index contributed by atoms with van der Waals surface area (Å²) in [7, 11) is 0. The van der Waals surface area contributed by atoms with Crippen LogP contribution in [0.25, 0.3) is 0 Å². The van der Waals surface area contributed by atoms with E-state index in [1.807, 2.05) is 0 Å². The van der Waals surface area contributed by atoms with Crippen LogP contribution in [0, 0.1) is 0 Å². The van der Waals surface area contributed by atoms with Crippen LogP contribution in [0.2, 0.25) is 0 Å². The first-order chi connectivity index (χ1) is 9.49. The molecule has 0 aromatic rings. The Labute approximate surface area is 118 Å². The predicted molar refractivity (Wildman–Crippen MR) is 69.7 cm³/mol. The highest BCUT2D eigenvalue weighted by Crippen LogP contribution is 2.38. The van der Waals surface area contributed by atoms with Gasteiger partial charge < -0.3 is 14.8 Å². The van der Waals surface area contributed by atoms with Crippen molar-refractivity contribution in [2.75, 3.05) is 26.4 Å². The maximum atomic E-state index is 11.9. The SMILES string of the molecule is FC(F)(F)COCCNC1CCOC2(CCCCC2)C1. The summed E-state index contributed by atoms with van der Waals surface area (Å²) < 4.78 is 46.3. The van der Waals surface area contributed by atoms with E-state index in [-0.39, 0.29) is 12.2 Å². The second-order valence-electron chi connectivity index (χ2n) is 5.90. The van der Waals surface area contributed by atoms with E-state index in [9.17, 15) is 13.2 Å². The lowest BCUT2D eigenvalue weighted by Crippen LogP contribution is -2.48. The first kappa shape index (κ1) is 16.0. The molecule has 1 heterocycles. The van der Waals surface area contributed by atoms with Gasteiger partial charge in [0.15, 0.2) is 0 Å². The van der Waals surface area contributed by atoms with Gasteiger partial charge in [-0.2, -0.15) is 13.2 Å². The third-order valence-corrected chi connectivity index (χ3v) is 4.20. The van der Waals surface area contributed by atoms with Gasteiger partial charge in [-0.05, 0) is 25.7 Å². The van der Waals surface area contributed by atoms with Crippen molar-refractivity contribution in [1.82, 2.24) is 5.32 Å². The molecule has 118 valence electrons. The van der Waals surface area contributed by atoms with Gasteiger partial charge in [0.1, 0.15) is 6.61 Å². The van der Waals surface area contributed by atoms with Crippen molar-refractivity contribution in [3.8, 4) is 0 Å². The van der Waals surface area contributed by atoms with E-state index >= 15 is 0 Å². The second-order valence-corrected chi connectivity index (χ2v) is 5.90. The summed E-state index contributed by atoms with van der Waals surface area (Å²) in [5, 5.41) is 3.31. The molecule has 2 aliphatic rings. The van der Waals surface area contributed by atoms with Crippen molar-refractivity contribution in [3.05, 3.63) is 0 Å². The van der Waals surface area contributed by atoms with Gasteiger partial charge in [-0.25, -0.2) is 0 Å². The van der Waals surface area contributed by atoms with Crippen LogP contribution < -0.4 is 5.32 Å². The molecular weight excluding hydrogens is 271 g/mol. The Balaban J connectivity index is 1.63. The average Bonchev–Trinajstić information content (AvgIpc) is 2.38. The maximum Gasteiger partial charge on any atom is 0.411 e. The highest BCUT2D eigenvalue weighted by atomic mass is 19.4. The lowest BCUT2D eigenvalue weighted by Gasteiger charge is -2.43. The van der Waals surface area contributed by atoms with Crippen LogP contribution in [0.1, 0.15) is 44.9 Å². The fourth-order valence-corrected chi connectivity index (χ4v) is 3.27. The number of nitrogens with one attached hydrogen (secondary N) is 1. The third kappa shape index (κ3) is 5.22. The minimum absolute atomic E-state index is 0.0288. The second kappa shape index (κ2) is 7.09. The van der Waals surface area contributed by atoms with Gasteiger partial charge in [-0.1, -0.05) is 19.3 Å². The quantitative estimate of drug-likeness (QED) is 0.791. The minimum atomic E-state index is -4.23. The summed E-state index contributed by atoms with van der Waals surface area (Å²) in [6, 6.07) is 0.344. The van der Waals surface area contributed by atoms with Crippen molar-refractivity contribution in [2.24, 2.45) is 0 Å². The molecule has 1 spiro atoms. The molecule has 0 radical (unpaired) electrons. The van der Waals surface area contributed by atoms with Crippen molar-refractivity contribution >= 4 is 0 Å². The highest BCUT2D eigenvalue weighted by Gasteiger charge is 2.38. The van der Waals surface area contributed by atoms with Crippen LogP contribution in [0.4, 0.5) is 13.2 Å². The molecule has 0 aromatic carbocycles. The van der Waals surface area contributed by atoms with Crippen LogP contribution in [-0.4, -0.2) is 44.2 Å². The van der Waals surface area contributed by atoms with Crippen molar-refractivity contribution in [1.29, 1.82) is 0 Å². The molecule has 1 saturated heterocycles. The monoisotopic (exact) mass is 295 g/mol.